The van der Waals surface area contributed by atoms with E-state index in [4.69, 9.17) is 0 Å². The lowest BCUT2D eigenvalue weighted by Gasteiger charge is -2.12. The van der Waals surface area contributed by atoms with Gasteiger partial charge in [0.25, 0.3) is 0 Å². The van der Waals surface area contributed by atoms with Crippen molar-refractivity contribution in [2.75, 3.05) is 11.9 Å². The number of hydrogen-bond acceptors (Lipinski definition) is 4. The van der Waals surface area contributed by atoms with Gasteiger partial charge in [-0.25, -0.2) is 14.8 Å². The first kappa shape index (κ1) is 16.9. The number of anilines is 1. The van der Waals surface area contributed by atoms with Crippen LogP contribution in [0.5, 0.6) is 0 Å². The van der Waals surface area contributed by atoms with E-state index in [0.717, 1.165) is 17.7 Å². The molecule has 2 aromatic rings. The molecule has 0 spiro atoms. The summed E-state index contributed by atoms with van der Waals surface area (Å²) in [6.07, 6.45) is 2.77. The lowest BCUT2D eigenvalue weighted by atomic mass is 10.2. The van der Waals surface area contributed by atoms with Gasteiger partial charge in [0.1, 0.15) is 0 Å². The molecule has 23 heavy (non-hydrogen) atoms. The molecule has 3 N–H and O–H groups in total. The average Bonchev–Trinajstić information content (AvgIpc) is 2.54. The largest absolute Gasteiger partial charge is 0.391 e. The zero-order chi connectivity index (χ0) is 16.7. The number of carbonyl (C=O) groups excluding carboxylic acids is 1. The smallest absolute Gasteiger partial charge is 0.319 e. The second kappa shape index (κ2) is 8.24. The van der Waals surface area contributed by atoms with Crippen molar-refractivity contribution in [3.05, 3.63) is 42.2 Å². The Morgan fingerprint density at radius 1 is 1.26 bits per heavy atom. The molecule has 2 rings (SSSR count). The Bertz CT molecular complexity index is 643. The Morgan fingerprint density at radius 3 is 2.65 bits per heavy atom. The average molecular weight is 314 g/mol. The standard InChI is InChI=1S/C17H22N4O2/c1-3-4-15(22)11-19-17(23)21-14-7-5-13(6-8-14)16-18-10-9-12(2)20-16/h5-10,15,22H,3-4,11H2,1-2H3,(H2,19,21,23). The third-order valence-electron chi connectivity index (χ3n) is 3.32. The molecule has 1 aromatic heterocycles. The maximum Gasteiger partial charge on any atom is 0.319 e. The van der Waals surface area contributed by atoms with Gasteiger partial charge in [-0.05, 0) is 43.7 Å². The third-order valence-corrected chi connectivity index (χ3v) is 3.32. The first-order chi connectivity index (χ1) is 11.1. The van der Waals surface area contributed by atoms with Crippen LogP contribution in [0.4, 0.5) is 10.5 Å². The third kappa shape index (κ3) is 5.34. The maximum atomic E-state index is 11.8. The number of urea groups is 1. The van der Waals surface area contributed by atoms with Gasteiger partial charge in [0.2, 0.25) is 0 Å². The van der Waals surface area contributed by atoms with E-state index in [1.165, 1.54) is 0 Å². The van der Waals surface area contributed by atoms with E-state index in [2.05, 4.69) is 20.6 Å². The fraction of sp³-hybridized carbons (Fsp3) is 0.353. The number of nitrogens with one attached hydrogen (secondary N) is 2. The van der Waals surface area contributed by atoms with Gasteiger partial charge >= 0.3 is 6.03 Å². The van der Waals surface area contributed by atoms with E-state index in [0.29, 0.717) is 17.9 Å². The van der Waals surface area contributed by atoms with E-state index in [9.17, 15) is 9.90 Å². The van der Waals surface area contributed by atoms with E-state index < -0.39 is 6.10 Å². The molecule has 1 atom stereocenters. The highest BCUT2D eigenvalue weighted by Gasteiger charge is 2.07. The Kier molecular flexibility index (Phi) is 6.05. The van der Waals surface area contributed by atoms with Gasteiger partial charge in [0.05, 0.1) is 6.10 Å². The Hall–Kier alpha value is -2.47. The number of rotatable bonds is 6. The molecule has 122 valence electrons. The minimum absolute atomic E-state index is 0.245. The molecule has 1 heterocycles. The molecule has 1 unspecified atom stereocenters. The molecule has 2 amide bonds. The zero-order valence-electron chi connectivity index (χ0n) is 13.4. The minimum Gasteiger partial charge on any atom is -0.391 e. The molecule has 0 aliphatic heterocycles. The van der Waals surface area contributed by atoms with Crippen LogP contribution in [0.1, 0.15) is 25.5 Å². The summed E-state index contributed by atoms with van der Waals surface area (Å²) in [5.41, 5.74) is 2.46. The highest BCUT2D eigenvalue weighted by molar-refractivity contribution is 5.89. The lowest BCUT2D eigenvalue weighted by molar-refractivity contribution is 0.162. The number of carbonyl (C=O) groups is 1. The molecule has 1 aromatic carbocycles. The van der Waals surface area contributed by atoms with E-state index in [1.807, 2.05) is 32.0 Å². The highest BCUT2D eigenvalue weighted by atomic mass is 16.3. The zero-order valence-corrected chi connectivity index (χ0v) is 13.4. The van der Waals surface area contributed by atoms with Crippen LogP contribution < -0.4 is 10.6 Å². The van der Waals surface area contributed by atoms with E-state index >= 15 is 0 Å². The molecular formula is C17H22N4O2. The van der Waals surface area contributed by atoms with Crippen molar-refractivity contribution >= 4 is 11.7 Å². The summed E-state index contributed by atoms with van der Waals surface area (Å²) in [5.74, 6) is 0.656. The van der Waals surface area contributed by atoms with Crippen molar-refractivity contribution < 1.29 is 9.90 Å². The summed E-state index contributed by atoms with van der Waals surface area (Å²) in [7, 11) is 0. The van der Waals surface area contributed by atoms with Crippen LogP contribution in [-0.2, 0) is 0 Å². The van der Waals surface area contributed by atoms with E-state index in [-0.39, 0.29) is 12.6 Å². The summed E-state index contributed by atoms with van der Waals surface area (Å²) < 4.78 is 0. The number of aromatic nitrogens is 2. The number of aryl methyl sites for hydroxylation is 1. The fourth-order valence-corrected chi connectivity index (χ4v) is 2.11. The van der Waals surface area contributed by atoms with Crippen LogP contribution in [0.2, 0.25) is 0 Å². The Morgan fingerprint density at radius 2 is 2.00 bits per heavy atom. The number of amides is 2. The van der Waals surface area contributed by atoms with Crippen molar-refractivity contribution in [2.45, 2.75) is 32.8 Å². The first-order valence-electron chi connectivity index (χ1n) is 7.71. The first-order valence-corrected chi connectivity index (χ1v) is 7.71. The van der Waals surface area contributed by atoms with Crippen LogP contribution in [0.3, 0.4) is 0 Å². The molecule has 0 saturated heterocycles. The van der Waals surface area contributed by atoms with Crippen LogP contribution in [-0.4, -0.2) is 33.8 Å². The van der Waals surface area contributed by atoms with Gasteiger partial charge in [-0.1, -0.05) is 13.3 Å². The topological polar surface area (TPSA) is 87.1 Å². The summed E-state index contributed by atoms with van der Waals surface area (Å²) >= 11 is 0. The number of benzene rings is 1. The van der Waals surface area contributed by atoms with Crippen LogP contribution >= 0.6 is 0 Å². The monoisotopic (exact) mass is 314 g/mol. The summed E-state index contributed by atoms with van der Waals surface area (Å²) in [6, 6.07) is 8.81. The molecule has 0 aliphatic rings. The SMILES string of the molecule is CCCC(O)CNC(=O)Nc1ccc(-c2nccc(C)n2)cc1. The highest BCUT2D eigenvalue weighted by Crippen LogP contribution is 2.17. The quantitative estimate of drug-likeness (QED) is 0.765. The van der Waals surface area contributed by atoms with Crippen molar-refractivity contribution in [3.63, 3.8) is 0 Å². The van der Waals surface area contributed by atoms with Gasteiger partial charge in [0.15, 0.2) is 5.82 Å². The molecule has 6 heteroatoms. The van der Waals surface area contributed by atoms with Crippen LogP contribution in [0.25, 0.3) is 11.4 Å². The van der Waals surface area contributed by atoms with Gasteiger partial charge < -0.3 is 15.7 Å². The van der Waals surface area contributed by atoms with Crippen molar-refractivity contribution in [1.82, 2.24) is 15.3 Å². The van der Waals surface area contributed by atoms with Gasteiger partial charge in [-0.3, -0.25) is 0 Å². The molecular weight excluding hydrogens is 292 g/mol. The van der Waals surface area contributed by atoms with Crippen molar-refractivity contribution in [1.29, 1.82) is 0 Å². The molecule has 0 bridgehead atoms. The molecule has 0 aliphatic carbocycles. The second-order valence-electron chi connectivity index (χ2n) is 5.38. The molecule has 0 saturated carbocycles. The summed E-state index contributed by atoms with van der Waals surface area (Å²) in [4.78, 5) is 20.4. The normalized spacial score (nSPS) is 11.8. The maximum absolute atomic E-state index is 11.8. The number of aliphatic hydroxyl groups excluding tert-OH is 1. The van der Waals surface area contributed by atoms with Crippen molar-refractivity contribution in [2.24, 2.45) is 0 Å². The summed E-state index contributed by atoms with van der Waals surface area (Å²) in [5, 5.41) is 15.0. The minimum atomic E-state index is -0.508. The molecule has 0 fully saturated rings. The Balaban J connectivity index is 1.91. The van der Waals surface area contributed by atoms with Gasteiger partial charge in [0, 0.05) is 29.7 Å². The van der Waals surface area contributed by atoms with Crippen LogP contribution in [0.15, 0.2) is 36.5 Å². The van der Waals surface area contributed by atoms with Gasteiger partial charge in [-0.15, -0.1) is 0 Å². The fourth-order valence-electron chi connectivity index (χ4n) is 2.11. The molecule has 6 nitrogen and oxygen atoms in total. The number of hydrogen-bond donors (Lipinski definition) is 3. The molecule has 0 radical (unpaired) electrons. The number of nitrogens with zero attached hydrogens (tertiary/aromatic N) is 2. The van der Waals surface area contributed by atoms with Crippen molar-refractivity contribution in [3.8, 4) is 11.4 Å². The predicted octanol–water partition coefficient (Wildman–Crippen LogP) is 2.73. The lowest BCUT2D eigenvalue weighted by Crippen LogP contribution is -2.35. The summed E-state index contributed by atoms with van der Waals surface area (Å²) in [6.45, 7) is 4.15. The predicted molar refractivity (Wildman–Crippen MR) is 90.1 cm³/mol. The Labute approximate surface area is 136 Å². The van der Waals surface area contributed by atoms with Gasteiger partial charge in [-0.2, -0.15) is 0 Å². The second-order valence-corrected chi connectivity index (χ2v) is 5.38. The van der Waals surface area contributed by atoms with Crippen LogP contribution in [0, 0.1) is 6.92 Å². The van der Waals surface area contributed by atoms with E-state index in [1.54, 1.807) is 18.3 Å². The number of aliphatic hydroxyl groups is 1.